The van der Waals surface area contributed by atoms with E-state index in [1.165, 1.54) is 11.1 Å². The molecule has 1 N–H and O–H groups in total. The zero-order valence-electron chi connectivity index (χ0n) is 13.9. The third kappa shape index (κ3) is 5.79. The van der Waals surface area contributed by atoms with Gasteiger partial charge in [0.25, 0.3) is 0 Å². The van der Waals surface area contributed by atoms with Crippen molar-refractivity contribution in [1.29, 1.82) is 0 Å². The lowest BCUT2D eigenvalue weighted by atomic mass is 9.86. The van der Waals surface area contributed by atoms with Gasteiger partial charge >= 0.3 is 0 Å². The fraction of sp³-hybridized carbons (Fsp3) is 0.647. The monoisotopic (exact) mass is 311 g/mol. The number of benzene rings is 1. The van der Waals surface area contributed by atoms with Gasteiger partial charge in [0.05, 0.1) is 5.75 Å². The fourth-order valence-corrected chi connectivity index (χ4v) is 3.24. The Morgan fingerprint density at radius 3 is 2.14 bits per heavy atom. The minimum Gasteiger partial charge on any atom is -0.313 e. The van der Waals surface area contributed by atoms with E-state index in [9.17, 15) is 8.42 Å². The predicted octanol–water partition coefficient (Wildman–Crippen LogP) is 3.46. The van der Waals surface area contributed by atoms with Crippen LogP contribution in [-0.2, 0) is 15.3 Å². The van der Waals surface area contributed by atoms with Crippen molar-refractivity contribution in [2.24, 2.45) is 0 Å². The molecule has 0 aliphatic carbocycles. The summed E-state index contributed by atoms with van der Waals surface area (Å²) in [6.07, 6.45) is 1.54. The van der Waals surface area contributed by atoms with Gasteiger partial charge in [0, 0.05) is 11.8 Å². The lowest BCUT2D eigenvalue weighted by Gasteiger charge is -2.21. The molecule has 0 aromatic heterocycles. The maximum absolute atomic E-state index is 11.5. The predicted molar refractivity (Wildman–Crippen MR) is 90.5 cm³/mol. The highest BCUT2D eigenvalue weighted by Gasteiger charge is 2.16. The molecule has 0 radical (unpaired) electrons. The summed E-state index contributed by atoms with van der Waals surface area (Å²) in [5, 5.41) is 3.29. The van der Waals surface area contributed by atoms with Crippen LogP contribution in [0.2, 0.25) is 0 Å². The molecule has 1 aromatic rings. The van der Waals surface area contributed by atoms with Crippen LogP contribution >= 0.6 is 0 Å². The van der Waals surface area contributed by atoms with Gasteiger partial charge < -0.3 is 5.32 Å². The van der Waals surface area contributed by atoms with E-state index in [4.69, 9.17) is 0 Å². The van der Waals surface area contributed by atoms with Crippen molar-refractivity contribution in [2.45, 2.75) is 52.0 Å². The topological polar surface area (TPSA) is 46.2 Å². The van der Waals surface area contributed by atoms with Gasteiger partial charge in [-0.05, 0) is 36.4 Å². The second-order valence-corrected chi connectivity index (χ2v) is 9.06. The first-order valence-electron chi connectivity index (χ1n) is 7.67. The summed E-state index contributed by atoms with van der Waals surface area (Å²) < 4.78 is 23.1. The van der Waals surface area contributed by atoms with Crippen LogP contribution in [0.3, 0.4) is 0 Å². The molecule has 1 aromatic carbocycles. The Balaban J connectivity index is 2.68. The number of nitrogens with one attached hydrogen (secondary N) is 1. The smallest absolute Gasteiger partial charge is 0.150 e. The van der Waals surface area contributed by atoms with Gasteiger partial charge in [-0.3, -0.25) is 0 Å². The van der Waals surface area contributed by atoms with Crippen LogP contribution in [0, 0.1) is 0 Å². The Labute approximate surface area is 130 Å². The first-order chi connectivity index (χ1) is 9.69. The van der Waals surface area contributed by atoms with E-state index < -0.39 is 9.84 Å². The van der Waals surface area contributed by atoms with Gasteiger partial charge in [0.15, 0.2) is 0 Å². The Morgan fingerprint density at radius 2 is 1.71 bits per heavy atom. The van der Waals surface area contributed by atoms with E-state index in [2.05, 4.69) is 50.4 Å². The third-order valence-electron chi connectivity index (χ3n) is 3.92. The van der Waals surface area contributed by atoms with E-state index in [0.29, 0.717) is 6.42 Å². The Morgan fingerprint density at radius 1 is 1.14 bits per heavy atom. The van der Waals surface area contributed by atoms with Crippen molar-refractivity contribution >= 4 is 9.84 Å². The molecule has 0 saturated heterocycles. The molecule has 0 bridgehead atoms. The maximum atomic E-state index is 11.5. The van der Waals surface area contributed by atoms with Gasteiger partial charge in [-0.1, -0.05) is 52.0 Å². The standard InChI is InChI=1S/C17H29NO2S/c1-6-21(19,20)13-7-8-16(18-5)14-9-11-15(12-10-14)17(2,3)4/h9-12,16,18H,6-8,13H2,1-5H3. The molecule has 0 aliphatic heterocycles. The van der Waals surface area contributed by atoms with Crippen LogP contribution in [0.1, 0.15) is 57.7 Å². The molecule has 120 valence electrons. The van der Waals surface area contributed by atoms with Gasteiger partial charge in [-0.2, -0.15) is 0 Å². The molecule has 1 atom stereocenters. The molecule has 0 heterocycles. The zero-order valence-corrected chi connectivity index (χ0v) is 14.8. The van der Waals surface area contributed by atoms with Crippen LogP contribution < -0.4 is 5.32 Å². The molecule has 1 rings (SSSR count). The second kappa shape index (κ2) is 7.41. The summed E-state index contributed by atoms with van der Waals surface area (Å²) in [5.74, 6) is 0.513. The van der Waals surface area contributed by atoms with Crippen LogP contribution in [0.4, 0.5) is 0 Å². The van der Waals surface area contributed by atoms with Gasteiger partial charge in [0.2, 0.25) is 0 Å². The molecule has 0 aliphatic rings. The zero-order chi connectivity index (χ0) is 16.1. The summed E-state index contributed by atoms with van der Waals surface area (Å²) in [6.45, 7) is 8.31. The van der Waals surface area contributed by atoms with E-state index in [-0.39, 0.29) is 23.0 Å². The lowest BCUT2D eigenvalue weighted by molar-refractivity contribution is 0.534. The van der Waals surface area contributed by atoms with Crippen LogP contribution in [0.25, 0.3) is 0 Å². The third-order valence-corrected chi connectivity index (χ3v) is 5.71. The summed E-state index contributed by atoms with van der Waals surface area (Å²) in [5.41, 5.74) is 2.69. The van der Waals surface area contributed by atoms with Crippen molar-refractivity contribution in [1.82, 2.24) is 5.32 Å². The van der Waals surface area contributed by atoms with Crippen LogP contribution in [-0.4, -0.2) is 27.0 Å². The van der Waals surface area contributed by atoms with Gasteiger partial charge in [-0.25, -0.2) is 8.42 Å². The highest BCUT2D eigenvalue weighted by Crippen LogP contribution is 2.25. The van der Waals surface area contributed by atoms with Crippen LogP contribution in [0.5, 0.6) is 0 Å². The number of sulfone groups is 1. The van der Waals surface area contributed by atoms with Crippen molar-refractivity contribution in [3.63, 3.8) is 0 Å². The summed E-state index contributed by atoms with van der Waals surface area (Å²) in [7, 11) is -0.932. The van der Waals surface area contributed by atoms with Crippen molar-refractivity contribution in [3.8, 4) is 0 Å². The highest BCUT2D eigenvalue weighted by atomic mass is 32.2. The minimum absolute atomic E-state index is 0.156. The SMILES string of the molecule is CCS(=O)(=O)CCCC(NC)c1ccc(C(C)(C)C)cc1. The van der Waals surface area contributed by atoms with Crippen LogP contribution in [0.15, 0.2) is 24.3 Å². The Bertz CT molecular complexity index is 527. The number of hydrogen-bond acceptors (Lipinski definition) is 3. The van der Waals surface area contributed by atoms with Gasteiger partial charge in [-0.15, -0.1) is 0 Å². The normalized spacial score (nSPS) is 14.1. The minimum atomic E-state index is -2.86. The summed E-state index contributed by atoms with van der Waals surface area (Å²) in [6, 6.07) is 8.85. The highest BCUT2D eigenvalue weighted by molar-refractivity contribution is 7.91. The molecule has 4 heteroatoms. The number of rotatable bonds is 7. The van der Waals surface area contributed by atoms with Crippen molar-refractivity contribution < 1.29 is 8.42 Å². The molecule has 0 fully saturated rings. The quantitative estimate of drug-likeness (QED) is 0.839. The largest absolute Gasteiger partial charge is 0.313 e. The average Bonchev–Trinajstić information content (AvgIpc) is 2.43. The molecule has 21 heavy (non-hydrogen) atoms. The Hall–Kier alpha value is -0.870. The Kier molecular flexibility index (Phi) is 6.41. The van der Waals surface area contributed by atoms with Gasteiger partial charge in [0.1, 0.15) is 9.84 Å². The van der Waals surface area contributed by atoms with Crippen molar-refractivity contribution in [2.75, 3.05) is 18.6 Å². The van der Waals surface area contributed by atoms with E-state index in [1.54, 1.807) is 6.92 Å². The maximum Gasteiger partial charge on any atom is 0.150 e. The fourth-order valence-electron chi connectivity index (χ4n) is 2.34. The average molecular weight is 311 g/mol. The molecular formula is C17H29NO2S. The van der Waals surface area contributed by atoms with E-state index >= 15 is 0 Å². The molecular weight excluding hydrogens is 282 g/mol. The molecule has 0 amide bonds. The number of hydrogen-bond donors (Lipinski definition) is 1. The first-order valence-corrected chi connectivity index (χ1v) is 9.50. The summed E-state index contributed by atoms with van der Waals surface area (Å²) >= 11 is 0. The van der Waals surface area contributed by atoms with Crippen molar-refractivity contribution in [3.05, 3.63) is 35.4 Å². The van der Waals surface area contributed by atoms with E-state index in [0.717, 1.165) is 6.42 Å². The molecule has 0 spiro atoms. The molecule has 3 nitrogen and oxygen atoms in total. The second-order valence-electron chi connectivity index (χ2n) is 6.59. The molecule has 0 saturated carbocycles. The lowest BCUT2D eigenvalue weighted by Crippen LogP contribution is -2.19. The van der Waals surface area contributed by atoms with E-state index in [1.807, 2.05) is 7.05 Å². The first kappa shape index (κ1) is 18.2. The summed E-state index contributed by atoms with van der Waals surface area (Å²) in [4.78, 5) is 0. The molecule has 1 unspecified atom stereocenters.